The van der Waals surface area contributed by atoms with Gasteiger partial charge in [-0.2, -0.15) is 0 Å². The van der Waals surface area contributed by atoms with E-state index in [2.05, 4.69) is 38.1 Å². The SMILES string of the molecule is Cc1csc(CN2C3CCC2CC(Br)C3)n1. The zero-order chi connectivity index (χ0) is 11.1. The van der Waals surface area contributed by atoms with Crippen LogP contribution < -0.4 is 0 Å². The molecule has 2 unspecified atom stereocenters. The average Bonchev–Trinajstić information content (AvgIpc) is 2.72. The number of hydrogen-bond acceptors (Lipinski definition) is 3. The van der Waals surface area contributed by atoms with E-state index in [1.54, 1.807) is 0 Å². The van der Waals surface area contributed by atoms with E-state index < -0.39 is 0 Å². The molecule has 3 heterocycles. The van der Waals surface area contributed by atoms with E-state index in [4.69, 9.17) is 0 Å². The maximum atomic E-state index is 4.59. The Labute approximate surface area is 109 Å². The molecule has 0 spiro atoms. The predicted molar refractivity (Wildman–Crippen MR) is 71.2 cm³/mol. The highest BCUT2D eigenvalue weighted by Gasteiger charge is 2.39. The molecule has 0 aliphatic carbocycles. The third-order valence-electron chi connectivity index (χ3n) is 3.81. The quantitative estimate of drug-likeness (QED) is 0.779. The predicted octanol–water partition coefficient (Wildman–Crippen LogP) is 3.34. The lowest BCUT2D eigenvalue weighted by atomic mass is 10.0. The second-order valence-corrected chi connectivity index (χ2v) is 7.25. The first-order valence-corrected chi connectivity index (χ1v) is 7.82. The van der Waals surface area contributed by atoms with E-state index in [9.17, 15) is 0 Å². The Bertz CT molecular complexity index is 365. The van der Waals surface area contributed by atoms with Crippen LogP contribution in [0.4, 0.5) is 0 Å². The summed E-state index contributed by atoms with van der Waals surface area (Å²) in [5, 5.41) is 3.46. The minimum atomic E-state index is 0.749. The Kier molecular flexibility index (Phi) is 3.07. The first-order valence-electron chi connectivity index (χ1n) is 6.03. The Hall–Kier alpha value is 0.0700. The van der Waals surface area contributed by atoms with E-state index in [0.29, 0.717) is 0 Å². The molecule has 16 heavy (non-hydrogen) atoms. The minimum Gasteiger partial charge on any atom is -0.291 e. The molecule has 0 N–H and O–H groups in total. The van der Waals surface area contributed by atoms with Crippen molar-refractivity contribution in [3.63, 3.8) is 0 Å². The van der Waals surface area contributed by atoms with Gasteiger partial charge in [0.05, 0.1) is 6.54 Å². The number of halogens is 1. The van der Waals surface area contributed by atoms with Crippen molar-refractivity contribution in [1.82, 2.24) is 9.88 Å². The molecule has 88 valence electrons. The number of thiazole rings is 1. The fourth-order valence-electron chi connectivity index (χ4n) is 3.10. The molecule has 2 saturated heterocycles. The van der Waals surface area contributed by atoms with Crippen LogP contribution >= 0.6 is 27.3 Å². The summed E-state index contributed by atoms with van der Waals surface area (Å²) in [5.41, 5.74) is 1.17. The Morgan fingerprint density at radius 2 is 2.12 bits per heavy atom. The van der Waals surface area contributed by atoms with Gasteiger partial charge in [0.15, 0.2) is 0 Å². The van der Waals surface area contributed by atoms with Gasteiger partial charge in [-0.25, -0.2) is 4.98 Å². The average molecular weight is 301 g/mol. The summed E-state index contributed by atoms with van der Waals surface area (Å²) in [6.45, 7) is 3.16. The summed E-state index contributed by atoms with van der Waals surface area (Å²) < 4.78 is 0. The zero-order valence-electron chi connectivity index (χ0n) is 9.53. The fraction of sp³-hybridized carbons (Fsp3) is 0.750. The van der Waals surface area contributed by atoms with Gasteiger partial charge in [-0.1, -0.05) is 15.9 Å². The molecule has 1 aromatic rings. The standard InChI is InChI=1S/C12H17BrN2S/c1-8-7-16-12(14-8)6-15-10-2-3-11(15)5-9(13)4-10/h7,9-11H,2-6H2,1H3. The third kappa shape index (κ3) is 2.07. The highest BCUT2D eigenvalue weighted by Crippen LogP contribution is 2.39. The van der Waals surface area contributed by atoms with Crippen molar-refractivity contribution in [2.75, 3.05) is 0 Å². The summed E-state index contributed by atoms with van der Waals surface area (Å²) in [7, 11) is 0. The molecule has 3 rings (SSSR count). The van der Waals surface area contributed by atoms with E-state index in [0.717, 1.165) is 23.5 Å². The second-order valence-electron chi connectivity index (χ2n) is 5.01. The summed E-state index contributed by atoms with van der Waals surface area (Å²) >= 11 is 5.60. The lowest BCUT2D eigenvalue weighted by Gasteiger charge is -2.36. The smallest absolute Gasteiger partial charge is 0.107 e. The van der Waals surface area contributed by atoms with Gasteiger partial charge in [-0.05, 0) is 32.6 Å². The zero-order valence-corrected chi connectivity index (χ0v) is 11.9. The molecule has 2 fully saturated rings. The van der Waals surface area contributed by atoms with Gasteiger partial charge in [-0.15, -0.1) is 11.3 Å². The minimum absolute atomic E-state index is 0.749. The fourth-order valence-corrected chi connectivity index (χ4v) is 4.74. The summed E-state index contributed by atoms with van der Waals surface area (Å²) in [5.74, 6) is 0. The largest absolute Gasteiger partial charge is 0.291 e. The van der Waals surface area contributed by atoms with Crippen LogP contribution in [-0.4, -0.2) is 26.8 Å². The van der Waals surface area contributed by atoms with E-state index in [-0.39, 0.29) is 0 Å². The van der Waals surface area contributed by atoms with Crippen molar-refractivity contribution in [2.24, 2.45) is 0 Å². The van der Waals surface area contributed by atoms with Crippen LogP contribution in [0.15, 0.2) is 5.38 Å². The summed E-state index contributed by atoms with van der Waals surface area (Å²) in [6, 6.07) is 1.60. The number of alkyl halides is 1. The maximum absolute atomic E-state index is 4.59. The molecule has 2 nitrogen and oxygen atoms in total. The van der Waals surface area contributed by atoms with Crippen LogP contribution in [0.2, 0.25) is 0 Å². The van der Waals surface area contributed by atoms with Crippen molar-refractivity contribution in [3.8, 4) is 0 Å². The summed E-state index contributed by atoms with van der Waals surface area (Å²) in [4.78, 5) is 8.03. The number of rotatable bonds is 2. The van der Waals surface area contributed by atoms with Crippen molar-refractivity contribution in [2.45, 2.75) is 56.1 Å². The number of aromatic nitrogens is 1. The molecular formula is C12H17BrN2S. The molecule has 0 saturated carbocycles. The normalized spacial score (nSPS) is 34.5. The van der Waals surface area contributed by atoms with Crippen LogP contribution in [-0.2, 0) is 6.54 Å². The first-order chi connectivity index (χ1) is 7.72. The van der Waals surface area contributed by atoms with Gasteiger partial charge in [0.1, 0.15) is 5.01 Å². The van der Waals surface area contributed by atoms with Crippen molar-refractivity contribution < 1.29 is 0 Å². The molecule has 2 aliphatic rings. The first kappa shape index (κ1) is 11.2. The highest BCUT2D eigenvalue weighted by molar-refractivity contribution is 9.09. The Balaban J connectivity index is 1.72. The topological polar surface area (TPSA) is 16.1 Å². The number of hydrogen-bond donors (Lipinski definition) is 0. The van der Waals surface area contributed by atoms with Gasteiger partial charge >= 0.3 is 0 Å². The van der Waals surface area contributed by atoms with Gasteiger partial charge in [0.25, 0.3) is 0 Å². The third-order valence-corrected chi connectivity index (χ3v) is 5.51. The number of piperidine rings is 1. The Morgan fingerprint density at radius 1 is 1.44 bits per heavy atom. The van der Waals surface area contributed by atoms with E-state index >= 15 is 0 Å². The van der Waals surface area contributed by atoms with Gasteiger partial charge in [0.2, 0.25) is 0 Å². The molecular weight excluding hydrogens is 284 g/mol. The lowest BCUT2D eigenvalue weighted by Crippen LogP contribution is -2.42. The van der Waals surface area contributed by atoms with Gasteiger partial charge in [0, 0.05) is 28.0 Å². The molecule has 0 radical (unpaired) electrons. The molecule has 0 aromatic carbocycles. The maximum Gasteiger partial charge on any atom is 0.107 e. The Morgan fingerprint density at radius 3 is 2.69 bits per heavy atom. The number of nitrogens with zero attached hydrogens (tertiary/aromatic N) is 2. The lowest BCUT2D eigenvalue weighted by molar-refractivity contribution is 0.137. The molecule has 1 aromatic heterocycles. The van der Waals surface area contributed by atoms with Crippen molar-refractivity contribution >= 4 is 27.3 Å². The van der Waals surface area contributed by atoms with Crippen LogP contribution in [0, 0.1) is 6.92 Å². The molecule has 2 atom stereocenters. The molecule has 2 bridgehead atoms. The van der Waals surface area contributed by atoms with E-state index in [1.807, 2.05) is 11.3 Å². The van der Waals surface area contributed by atoms with Crippen LogP contribution in [0.5, 0.6) is 0 Å². The van der Waals surface area contributed by atoms with Crippen molar-refractivity contribution in [1.29, 1.82) is 0 Å². The van der Waals surface area contributed by atoms with E-state index in [1.165, 1.54) is 36.4 Å². The highest BCUT2D eigenvalue weighted by atomic mass is 79.9. The number of fused-ring (bicyclic) bond motifs is 2. The van der Waals surface area contributed by atoms with Crippen LogP contribution in [0.1, 0.15) is 36.4 Å². The van der Waals surface area contributed by atoms with Crippen LogP contribution in [0.3, 0.4) is 0 Å². The molecule has 2 aliphatic heterocycles. The molecule has 4 heteroatoms. The molecule has 0 amide bonds. The monoisotopic (exact) mass is 300 g/mol. The van der Waals surface area contributed by atoms with Crippen LogP contribution in [0.25, 0.3) is 0 Å². The van der Waals surface area contributed by atoms with Gasteiger partial charge < -0.3 is 0 Å². The number of aryl methyl sites for hydroxylation is 1. The van der Waals surface area contributed by atoms with Gasteiger partial charge in [-0.3, -0.25) is 4.90 Å². The second kappa shape index (κ2) is 4.39. The van der Waals surface area contributed by atoms with Crippen molar-refractivity contribution in [3.05, 3.63) is 16.1 Å². The summed E-state index contributed by atoms with van der Waals surface area (Å²) in [6.07, 6.45) is 5.41.